The van der Waals surface area contributed by atoms with E-state index >= 15 is 0 Å². The van der Waals surface area contributed by atoms with Crippen molar-refractivity contribution in [3.05, 3.63) is 48.0 Å². The van der Waals surface area contributed by atoms with Crippen LogP contribution in [0.5, 0.6) is 0 Å². The molecular weight excluding hydrogens is 316 g/mol. The predicted octanol–water partition coefficient (Wildman–Crippen LogP) is 0.817. The Hall–Kier alpha value is -2.89. The Morgan fingerprint density at radius 3 is 2.17 bits per heavy atom. The van der Waals surface area contributed by atoms with Crippen molar-refractivity contribution in [3.8, 4) is 0 Å². The summed E-state index contributed by atoms with van der Waals surface area (Å²) >= 11 is 0. The van der Waals surface area contributed by atoms with Gasteiger partial charge in [0.1, 0.15) is 6.61 Å². The number of aliphatic imine (C=N–C) groups is 2. The molecule has 0 atom stereocenters. The molecule has 1 rings (SSSR count). The number of rotatable bonds is 8. The lowest BCUT2D eigenvalue weighted by molar-refractivity contribution is -0.140. The quantitative estimate of drug-likeness (QED) is 0.314. The van der Waals surface area contributed by atoms with Crippen molar-refractivity contribution in [2.75, 3.05) is 19.8 Å². The molecule has 2 N–H and O–H groups in total. The Labute approximate surface area is 138 Å². The van der Waals surface area contributed by atoms with E-state index in [1.165, 1.54) is 12.2 Å². The Morgan fingerprint density at radius 1 is 1.12 bits per heavy atom. The maximum Gasteiger partial charge on any atom is 0.333 e. The summed E-state index contributed by atoms with van der Waals surface area (Å²) in [6.07, 6.45) is 2.11. The molecule has 0 aliphatic carbocycles. The van der Waals surface area contributed by atoms with Gasteiger partial charge in [0, 0.05) is 18.6 Å². The van der Waals surface area contributed by atoms with Gasteiger partial charge in [-0.1, -0.05) is 36.9 Å². The first-order valence-corrected chi connectivity index (χ1v) is 6.86. The summed E-state index contributed by atoms with van der Waals surface area (Å²) in [7, 11) is 0. The maximum absolute atomic E-state index is 10.7. The highest BCUT2D eigenvalue weighted by Crippen LogP contribution is 2.16. The Morgan fingerprint density at radius 2 is 1.71 bits per heavy atom. The molecule has 0 aromatic heterocycles. The topological polar surface area (TPSA) is 126 Å². The van der Waals surface area contributed by atoms with Crippen LogP contribution in [0.25, 0.3) is 0 Å². The number of isocyanates is 2. The lowest BCUT2D eigenvalue weighted by Gasteiger charge is -2.02. The zero-order chi connectivity index (χ0) is 18.2. The van der Waals surface area contributed by atoms with Crippen LogP contribution >= 0.6 is 0 Å². The van der Waals surface area contributed by atoms with Gasteiger partial charge in [-0.15, -0.1) is 0 Å². The normalized spacial score (nSPS) is 10.1. The van der Waals surface area contributed by atoms with E-state index in [9.17, 15) is 14.4 Å². The first-order chi connectivity index (χ1) is 11.6. The summed E-state index contributed by atoms with van der Waals surface area (Å²) in [6, 6.07) is 8.78. The number of nitrogens with zero attached hydrogens (tertiary/aromatic N) is 2. The Balaban J connectivity index is 0.000000449. The van der Waals surface area contributed by atoms with Crippen LogP contribution in [0.15, 0.2) is 52.5 Å². The van der Waals surface area contributed by atoms with Crippen molar-refractivity contribution in [2.45, 2.75) is 12.6 Å². The highest BCUT2D eigenvalue weighted by molar-refractivity contribution is 5.87. The van der Waals surface area contributed by atoms with Crippen molar-refractivity contribution in [1.29, 1.82) is 0 Å². The number of hydrogen-bond donors (Lipinski definition) is 2. The van der Waals surface area contributed by atoms with Crippen LogP contribution < -0.4 is 0 Å². The molecule has 0 fully saturated rings. The van der Waals surface area contributed by atoms with E-state index in [1.807, 2.05) is 6.07 Å². The Bertz CT molecular complexity index is 586. The summed E-state index contributed by atoms with van der Waals surface area (Å²) < 4.78 is 4.51. The monoisotopic (exact) mass is 334 g/mol. The van der Waals surface area contributed by atoms with Crippen LogP contribution in [-0.2, 0) is 19.1 Å². The first kappa shape index (κ1) is 21.1. The van der Waals surface area contributed by atoms with Crippen molar-refractivity contribution < 1.29 is 29.3 Å². The highest BCUT2D eigenvalue weighted by atomic mass is 16.5. The Kier molecular flexibility index (Phi) is 12.1. The van der Waals surface area contributed by atoms with E-state index in [-0.39, 0.29) is 31.8 Å². The van der Waals surface area contributed by atoms with Crippen LogP contribution in [0.4, 0.5) is 0 Å². The second-order valence-corrected chi connectivity index (χ2v) is 4.16. The molecular formula is C16H18N2O6. The average Bonchev–Trinajstić information content (AvgIpc) is 2.61. The fraction of sp³-hybridized carbons (Fsp3) is 0.312. The van der Waals surface area contributed by atoms with Gasteiger partial charge in [0.05, 0.1) is 6.61 Å². The average molecular weight is 334 g/mol. The molecule has 0 radical (unpaired) electrons. The van der Waals surface area contributed by atoms with Gasteiger partial charge in [0.25, 0.3) is 0 Å². The molecule has 0 aliphatic heterocycles. The third-order valence-electron chi connectivity index (χ3n) is 2.47. The number of esters is 1. The van der Waals surface area contributed by atoms with E-state index in [0.29, 0.717) is 5.56 Å². The molecule has 0 unspecified atom stereocenters. The van der Waals surface area contributed by atoms with Crippen molar-refractivity contribution in [2.24, 2.45) is 9.98 Å². The number of aliphatic hydroxyl groups excluding tert-OH is 2. The lowest BCUT2D eigenvalue weighted by Crippen LogP contribution is -2.11. The van der Waals surface area contributed by atoms with Gasteiger partial charge in [-0.25, -0.2) is 14.4 Å². The largest absolute Gasteiger partial charge is 0.460 e. The third-order valence-corrected chi connectivity index (χ3v) is 2.47. The summed E-state index contributed by atoms with van der Waals surface area (Å²) in [5.41, 5.74) is 0.884. The van der Waals surface area contributed by atoms with Gasteiger partial charge in [0.2, 0.25) is 12.2 Å². The van der Waals surface area contributed by atoms with Gasteiger partial charge >= 0.3 is 5.97 Å². The summed E-state index contributed by atoms with van der Waals surface area (Å²) in [5.74, 6) is -0.562. The third kappa shape index (κ3) is 9.19. The van der Waals surface area contributed by atoms with Crippen molar-refractivity contribution >= 4 is 18.1 Å². The SMILES string of the molecule is C=C(CCO)C(=O)OCCO.O=C=NC(N=C=O)c1ccccc1. The smallest absolute Gasteiger partial charge is 0.333 e. The molecule has 1 aromatic carbocycles. The molecule has 0 aliphatic rings. The van der Waals surface area contributed by atoms with Crippen LogP contribution in [0.3, 0.4) is 0 Å². The fourth-order valence-electron chi connectivity index (χ4n) is 1.38. The predicted molar refractivity (Wildman–Crippen MR) is 84.3 cm³/mol. The van der Waals surface area contributed by atoms with Gasteiger partial charge in [-0.3, -0.25) is 0 Å². The first-order valence-electron chi connectivity index (χ1n) is 6.86. The number of benzene rings is 1. The molecule has 1 aromatic rings. The van der Waals surface area contributed by atoms with E-state index in [4.69, 9.17) is 10.2 Å². The number of hydrogen-bond acceptors (Lipinski definition) is 8. The standard InChI is InChI=1S/C9H6N2O2.C7H12O4/c12-6-10-9(11-7-13)8-4-2-1-3-5-8;1-6(2-3-8)7(10)11-5-4-9/h1-5,9H;8-9H,1-5H2. The van der Waals surface area contributed by atoms with Gasteiger partial charge in [-0.05, 0) is 5.56 Å². The van der Waals surface area contributed by atoms with Gasteiger partial charge < -0.3 is 14.9 Å². The van der Waals surface area contributed by atoms with Gasteiger partial charge in [-0.2, -0.15) is 9.98 Å². The molecule has 0 heterocycles. The zero-order valence-electron chi connectivity index (χ0n) is 12.9. The minimum absolute atomic E-state index is 0.0245. The van der Waals surface area contributed by atoms with E-state index in [0.717, 1.165) is 0 Å². The molecule has 8 nitrogen and oxygen atoms in total. The minimum atomic E-state index is -0.809. The van der Waals surface area contributed by atoms with E-state index in [2.05, 4.69) is 21.3 Å². The summed E-state index contributed by atoms with van der Waals surface area (Å²) in [6.45, 7) is 3.04. The van der Waals surface area contributed by atoms with Crippen molar-refractivity contribution in [3.63, 3.8) is 0 Å². The molecule has 0 saturated carbocycles. The van der Waals surface area contributed by atoms with Crippen molar-refractivity contribution in [1.82, 2.24) is 0 Å². The summed E-state index contributed by atoms with van der Waals surface area (Å²) in [4.78, 5) is 37.4. The van der Waals surface area contributed by atoms with Crippen LogP contribution in [-0.4, -0.2) is 48.2 Å². The molecule has 8 heteroatoms. The second-order valence-electron chi connectivity index (χ2n) is 4.16. The number of aliphatic hydroxyl groups is 2. The molecule has 128 valence electrons. The molecule has 0 spiro atoms. The minimum Gasteiger partial charge on any atom is -0.460 e. The zero-order valence-corrected chi connectivity index (χ0v) is 12.9. The van der Waals surface area contributed by atoms with Gasteiger partial charge in [0.15, 0.2) is 6.17 Å². The summed E-state index contributed by atoms with van der Waals surface area (Å²) in [5, 5.41) is 16.7. The van der Waals surface area contributed by atoms with Crippen LogP contribution in [0, 0.1) is 0 Å². The van der Waals surface area contributed by atoms with Crippen LogP contribution in [0.2, 0.25) is 0 Å². The second kappa shape index (κ2) is 13.8. The van der Waals surface area contributed by atoms with Crippen LogP contribution in [0.1, 0.15) is 18.2 Å². The number of carbonyl (C=O) groups is 1. The lowest BCUT2D eigenvalue weighted by atomic mass is 10.2. The molecule has 24 heavy (non-hydrogen) atoms. The highest BCUT2D eigenvalue weighted by Gasteiger charge is 2.06. The number of carbonyl (C=O) groups excluding carboxylic acids is 3. The number of ether oxygens (including phenoxy) is 1. The molecule has 0 bridgehead atoms. The molecule has 0 saturated heterocycles. The maximum atomic E-state index is 10.7. The van der Waals surface area contributed by atoms with E-state index in [1.54, 1.807) is 24.3 Å². The van der Waals surface area contributed by atoms with E-state index < -0.39 is 12.1 Å². The fourth-order valence-corrected chi connectivity index (χ4v) is 1.38. The molecule has 0 amide bonds.